The van der Waals surface area contributed by atoms with Crippen molar-refractivity contribution in [1.82, 2.24) is 10.2 Å². The van der Waals surface area contributed by atoms with Crippen molar-refractivity contribution in [2.75, 3.05) is 26.7 Å². The molecule has 0 heterocycles. The molecule has 120 valence electrons. The van der Waals surface area contributed by atoms with Crippen LogP contribution in [0.5, 0.6) is 0 Å². The first-order valence-corrected chi connectivity index (χ1v) is 6.90. The summed E-state index contributed by atoms with van der Waals surface area (Å²) >= 11 is 0. The van der Waals surface area contributed by atoms with Crippen molar-refractivity contribution in [3.63, 3.8) is 0 Å². The third kappa shape index (κ3) is 7.09. The molecule has 0 rings (SSSR count). The molecule has 0 fully saturated rings. The first kappa shape index (κ1) is 19.2. The lowest BCUT2D eigenvalue weighted by atomic mass is 9.90. The monoisotopic (exact) mass is 298 g/mol. The molecule has 0 aromatic rings. The lowest BCUT2D eigenvalue weighted by Crippen LogP contribution is -2.52. The van der Waals surface area contributed by atoms with E-state index in [9.17, 15) is 23.1 Å². The van der Waals surface area contributed by atoms with E-state index in [4.69, 9.17) is 0 Å². The Labute approximate surface area is 118 Å². The van der Waals surface area contributed by atoms with E-state index in [2.05, 4.69) is 5.32 Å². The second kappa shape index (κ2) is 8.46. The fourth-order valence-corrected chi connectivity index (χ4v) is 2.12. The van der Waals surface area contributed by atoms with E-state index in [-0.39, 0.29) is 6.54 Å². The zero-order valence-electron chi connectivity index (χ0n) is 12.4. The number of carboxylic acid groups (broad SMARTS) is 1. The molecule has 20 heavy (non-hydrogen) atoms. The van der Waals surface area contributed by atoms with Crippen molar-refractivity contribution in [2.24, 2.45) is 0 Å². The maximum Gasteiger partial charge on any atom is 0.401 e. The molecule has 0 aliphatic heterocycles. The summed E-state index contributed by atoms with van der Waals surface area (Å²) in [7, 11) is 1.39. The van der Waals surface area contributed by atoms with Crippen LogP contribution in [0.15, 0.2) is 0 Å². The highest BCUT2D eigenvalue weighted by molar-refractivity contribution is 5.78. The van der Waals surface area contributed by atoms with Crippen molar-refractivity contribution in [3.05, 3.63) is 0 Å². The zero-order valence-corrected chi connectivity index (χ0v) is 12.4. The van der Waals surface area contributed by atoms with Gasteiger partial charge in [0.2, 0.25) is 0 Å². The zero-order chi connectivity index (χ0) is 15.8. The second-order valence-corrected chi connectivity index (χ2v) is 5.12. The smallest absolute Gasteiger partial charge is 0.401 e. The molecule has 0 bridgehead atoms. The Kier molecular flexibility index (Phi) is 8.12. The molecule has 0 aliphatic carbocycles. The van der Waals surface area contributed by atoms with Crippen LogP contribution < -0.4 is 5.32 Å². The van der Waals surface area contributed by atoms with E-state index < -0.39 is 24.2 Å². The molecule has 1 unspecified atom stereocenters. The van der Waals surface area contributed by atoms with Crippen molar-refractivity contribution in [2.45, 2.75) is 51.2 Å². The highest BCUT2D eigenvalue weighted by Crippen LogP contribution is 2.20. The fourth-order valence-electron chi connectivity index (χ4n) is 2.12. The number of carbonyl (C=O) groups is 1. The Morgan fingerprint density at radius 1 is 1.30 bits per heavy atom. The van der Waals surface area contributed by atoms with Crippen LogP contribution in [0, 0.1) is 0 Å². The van der Waals surface area contributed by atoms with Gasteiger partial charge in [0.25, 0.3) is 0 Å². The van der Waals surface area contributed by atoms with Gasteiger partial charge in [-0.15, -0.1) is 0 Å². The van der Waals surface area contributed by atoms with Gasteiger partial charge in [0.1, 0.15) is 5.54 Å². The SMILES string of the molecule is CCCNC(CC)(CCCN(C)CC(F)(F)F)C(=O)O. The molecular weight excluding hydrogens is 273 g/mol. The number of nitrogens with zero attached hydrogens (tertiary/aromatic N) is 1. The van der Waals surface area contributed by atoms with Crippen molar-refractivity contribution < 1.29 is 23.1 Å². The molecule has 7 heteroatoms. The van der Waals surface area contributed by atoms with Crippen LogP contribution in [0.1, 0.15) is 39.5 Å². The third-order valence-corrected chi connectivity index (χ3v) is 3.32. The Bertz CT molecular complexity index is 298. The van der Waals surface area contributed by atoms with Crippen molar-refractivity contribution in [1.29, 1.82) is 0 Å². The van der Waals surface area contributed by atoms with Crippen molar-refractivity contribution >= 4 is 5.97 Å². The van der Waals surface area contributed by atoms with Gasteiger partial charge < -0.3 is 10.4 Å². The van der Waals surface area contributed by atoms with Gasteiger partial charge in [-0.1, -0.05) is 13.8 Å². The van der Waals surface area contributed by atoms with Gasteiger partial charge in [0.05, 0.1) is 6.54 Å². The minimum atomic E-state index is -4.22. The van der Waals surface area contributed by atoms with E-state index in [1.165, 1.54) is 11.9 Å². The maximum atomic E-state index is 12.2. The number of hydrogen-bond acceptors (Lipinski definition) is 3. The fraction of sp³-hybridized carbons (Fsp3) is 0.923. The predicted octanol–water partition coefficient (Wildman–Crippen LogP) is 2.49. The Hall–Kier alpha value is -0.820. The van der Waals surface area contributed by atoms with Gasteiger partial charge in [-0.25, -0.2) is 0 Å². The summed E-state index contributed by atoms with van der Waals surface area (Å²) in [5.41, 5.74) is -1.03. The molecule has 0 aromatic carbocycles. The third-order valence-electron chi connectivity index (χ3n) is 3.32. The predicted molar refractivity (Wildman–Crippen MR) is 71.7 cm³/mol. The summed E-state index contributed by atoms with van der Waals surface area (Å²) in [6.45, 7) is 3.55. The molecular formula is C13H25F3N2O2. The molecule has 0 amide bonds. The van der Waals surface area contributed by atoms with Gasteiger partial charge in [0, 0.05) is 0 Å². The highest BCUT2D eigenvalue weighted by atomic mass is 19.4. The summed E-state index contributed by atoms with van der Waals surface area (Å²) in [6, 6.07) is 0. The molecule has 0 aromatic heterocycles. The quantitative estimate of drug-likeness (QED) is 0.650. The number of aliphatic carboxylic acids is 1. The van der Waals surface area contributed by atoms with Gasteiger partial charge in [-0.05, 0) is 45.8 Å². The average Bonchev–Trinajstić information content (AvgIpc) is 2.31. The number of carboxylic acids is 1. The van der Waals surface area contributed by atoms with Gasteiger partial charge in [0.15, 0.2) is 0 Å². The van der Waals surface area contributed by atoms with Gasteiger partial charge in [-0.3, -0.25) is 9.69 Å². The lowest BCUT2D eigenvalue weighted by Gasteiger charge is -2.30. The molecule has 1 atom stereocenters. The van der Waals surface area contributed by atoms with Crippen LogP contribution in [-0.2, 0) is 4.79 Å². The van der Waals surface area contributed by atoms with Crippen LogP contribution in [0.25, 0.3) is 0 Å². The van der Waals surface area contributed by atoms with Crippen LogP contribution >= 0.6 is 0 Å². The van der Waals surface area contributed by atoms with E-state index in [1.54, 1.807) is 6.92 Å². The standard InChI is InChI=1S/C13H25F3N2O2/c1-4-8-17-12(5-2,11(19)20)7-6-9-18(3)10-13(14,15)16/h17H,4-10H2,1-3H3,(H,19,20). The first-order chi connectivity index (χ1) is 9.17. The summed E-state index contributed by atoms with van der Waals surface area (Å²) < 4.78 is 36.5. The number of halogens is 3. The lowest BCUT2D eigenvalue weighted by molar-refractivity contribution is -0.147. The van der Waals surface area contributed by atoms with E-state index in [0.29, 0.717) is 25.8 Å². The molecule has 0 aliphatic rings. The van der Waals surface area contributed by atoms with Crippen LogP contribution in [0.3, 0.4) is 0 Å². The highest BCUT2D eigenvalue weighted by Gasteiger charge is 2.35. The van der Waals surface area contributed by atoms with Crippen LogP contribution in [0.4, 0.5) is 13.2 Å². The minimum absolute atomic E-state index is 0.225. The van der Waals surface area contributed by atoms with Gasteiger partial charge >= 0.3 is 12.1 Å². The number of rotatable bonds is 10. The molecule has 0 saturated heterocycles. The summed E-state index contributed by atoms with van der Waals surface area (Å²) in [5.74, 6) is -0.938. The Balaban J connectivity index is 4.36. The first-order valence-electron chi connectivity index (χ1n) is 6.90. The molecule has 4 nitrogen and oxygen atoms in total. The normalized spacial score (nSPS) is 15.3. The van der Waals surface area contributed by atoms with E-state index in [0.717, 1.165) is 6.42 Å². The van der Waals surface area contributed by atoms with Crippen LogP contribution in [0.2, 0.25) is 0 Å². The molecule has 2 N–H and O–H groups in total. The molecule has 0 saturated carbocycles. The number of alkyl halides is 3. The van der Waals surface area contributed by atoms with Crippen LogP contribution in [-0.4, -0.2) is 54.4 Å². The van der Waals surface area contributed by atoms with Gasteiger partial charge in [-0.2, -0.15) is 13.2 Å². The van der Waals surface area contributed by atoms with Crippen molar-refractivity contribution in [3.8, 4) is 0 Å². The topological polar surface area (TPSA) is 52.6 Å². The Morgan fingerprint density at radius 2 is 1.90 bits per heavy atom. The number of hydrogen-bond donors (Lipinski definition) is 2. The summed E-state index contributed by atoms with van der Waals surface area (Å²) in [5, 5.41) is 12.4. The van der Waals surface area contributed by atoms with E-state index in [1.807, 2.05) is 6.92 Å². The largest absolute Gasteiger partial charge is 0.480 e. The summed E-state index contributed by atoms with van der Waals surface area (Å²) in [6.07, 6.45) is -2.28. The molecule has 0 radical (unpaired) electrons. The molecule has 0 spiro atoms. The number of nitrogens with one attached hydrogen (secondary N) is 1. The minimum Gasteiger partial charge on any atom is -0.480 e. The van der Waals surface area contributed by atoms with E-state index >= 15 is 0 Å². The maximum absolute atomic E-state index is 12.2. The summed E-state index contributed by atoms with van der Waals surface area (Å²) in [4.78, 5) is 12.6. The average molecular weight is 298 g/mol. The Morgan fingerprint density at radius 3 is 2.30 bits per heavy atom. The second-order valence-electron chi connectivity index (χ2n) is 5.12.